The van der Waals surface area contributed by atoms with Crippen molar-refractivity contribution in [1.29, 1.82) is 0 Å². The zero-order valence-corrected chi connectivity index (χ0v) is 3.51. The predicted molar refractivity (Wildman–Crippen MR) is 19.7 cm³/mol. The average Bonchev–Trinajstić information content (AvgIpc) is 1.87. The van der Waals surface area contributed by atoms with E-state index in [2.05, 4.69) is 0 Å². The summed E-state index contributed by atoms with van der Waals surface area (Å²) in [6.07, 6.45) is 2.03. The predicted octanol–water partition coefficient (Wildman–Crippen LogP) is -0.107. The Labute approximate surface area is 38.9 Å². The van der Waals surface area contributed by atoms with E-state index in [1.165, 1.54) is 0 Å². The van der Waals surface area contributed by atoms with Crippen LogP contribution >= 0.6 is 0 Å². The van der Waals surface area contributed by atoms with Gasteiger partial charge < -0.3 is 0 Å². The van der Waals surface area contributed by atoms with Gasteiger partial charge in [-0.25, -0.2) is 0 Å². The second kappa shape index (κ2) is 1.36. The minimum absolute atomic E-state index is 0.250. The monoisotopic (exact) mass is 106 g/mol. The average molecular weight is 106 g/mol. The van der Waals surface area contributed by atoms with Crippen LogP contribution in [0.5, 0.6) is 0 Å². The van der Waals surface area contributed by atoms with Gasteiger partial charge in [-0.2, -0.15) is 0 Å². The third-order valence-electron chi connectivity index (χ3n) is 0.660. The molecule has 0 aromatic rings. The van der Waals surface area contributed by atoms with Gasteiger partial charge in [0.25, 0.3) is 12.4 Å². The third kappa shape index (κ3) is 0.792. The molecular weight excluding hydrogens is 102 g/mol. The molecule has 0 aromatic heterocycles. The number of hydrogen-bond acceptors (Lipinski definition) is 0. The first-order valence-corrected chi connectivity index (χ1v) is 1.82. The van der Waals surface area contributed by atoms with Gasteiger partial charge in [-0.1, -0.05) is 0 Å². The SMILES string of the molecule is F[N+]1=CC=[N+](F)C1. The fraction of sp³-hybridized carbons (Fsp3) is 0.333. The van der Waals surface area contributed by atoms with Crippen LogP contribution in [0, 0.1) is 0 Å². The van der Waals surface area contributed by atoms with Crippen LogP contribution in [-0.4, -0.2) is 28.7 Å². The van der Waals surface area contributed by atoms with Crippen molar-refractivity contribution in [2.24, 2.45) is 0 Å². The molecule has 0 saturated heterocycles. The molecule has 0 N–H and O–H groups in total. The zero-order chi connectivity index (χ0) is 5.28. The molecule has 38 valence electrons. The first kappa shape index (κ1) is 4.36. The van der Waals surface area contributed by atoms with Crippen LogP contribution in [0.2, 0.25) is 0 Å². The maximum absolute atomic E-state index is 11.6. The van der Waals surface area contributed by atoms with Crippen molar-refractivity contribution in [3.63, 3.8) is 0 Å². The Morgan fingerprint density at radius 2 is 1.57 bits per heavy atom. The molecule has 0 saturated carbocycles. The van der Waals surface area contributed by atoms with E-state index in [0.717, 1.165) is 12.4 Å². The summed E-state index contributed by atoms with van der Waals surface area (Å²) < 4.78 is 23.3. The van der Waals surface area contributed by atoms with E-state index < -0.39 is 0 Å². The number of nitrogens with zero attached hydrogens (tertiary/aromatic N) is 2. The van der Waals surface area contributed by atoms with E-state index in [1.807, 2.05) is 0 Å². The quantitative estimate of drug-likeness (QED) is 0.380. The molecule has 0 radical (unpaired) electrons. The van der Waals surface area contributed by atoms with Gasteiger partial charge in [0.2, 0.25) is 0 Å². The van der Waals surface area contributed by atoms with Crippen molar-refractivity contribution in [2.75, 3.05) is 6.67 Å². The van der Waals surface area contributed by atoms with Gasteiger partial charge >= 0.3 is 6.67 Å². The minimum atomic E-state index is -0.306. The fourth-order valence-corrected chi connectivity index (χ4v) is 0.368. The highest BCUT2D eigenvalue weighted by Gasteiger charge is 2.20. The van der Waals surface area contributed by atoms with Crippen LogP contribution in [0.4, 0.5) is 8.96 Å². The molecule has 0 amide bonds. The molecule has 1 heterocycles. The van der Waals surface area contributed by atoms with E-state index in [-0.39, 0.29) is 16.3 Å². The highest BCUT2D eigenvalue weighted by molar-refractivity contribution is 6.11. The van der Waals surface area contributed by atoms with Crippen LogP contribution in [0.15, 0.2) is 0 Å². The van der Waals surface area contributed by atoms with E-state index in [1.54, 1.807) is 0 Å². The molecule has 1 rings (SSSR count). The van der Waals surface area contributed by atoms with Gasteiger partial charge in [-0.05, 0) is 0 Å². The standard InChI is InChI=1S/C3H4F2N2/c4-6-1-2-7(5)3-6/h1-2H,3H2/q+2. The topological polar surface area (TPSA) is 6.02 Å². The molecule has 7 heavy (non-hydrogen) atoms. The molecule has 1 aliphatic rings. The zero-order valence-electron chi connectivity index (χ0n) is 3.51. The van der Waals surface area contributed by atoms with Crippen molar-refractivity contribution in [1.82, 2.24) is 0 Å². The van der Waals surface area contributed by atoms with Crippen LogP contribution in [0.1, 0.15) is 0 Å². The van der Waals surface area contributed by atoms with Gasteiger partial charge in [0, 0.05) is 0 Å². The van der Waals surface area contributed by atoms with Gasteiger partial charge in [0.1, 0.15) is 0 Å². The molecule has 0 aromatic carbocycles. The van der Waals surface area contributed by atoms with Crippen LogP contribution in [-0.2, 0) is 0 Å². The lowest BCUT2D eigenvalue weighted by Crippen LogP contribution is -2.03. The Hall–Kier alpha value is -0.800. The smallest absolute Gasteiger partial charge is 0.0588 e. The lowest BCUT2D eigenvalue weighted by molar-refractivity contribution is -0.869. The molecule has 0 spiro atoms. The van der Waals surface area contributed by atoms with E-state index >= 15 is 0 Å². The first-order valence-electron chi connectivity index (χ1n) is 1.82. The maximum atomic E-state index is 11.6. The van der Waals surface area contributed by atoms with Crippen molar-refractivity contribution in [3.8, 4) is 0 Å². The summed E-state index contributed by atoms with van der Waals surface area (Å²) in [5.41, 5.74) is 0. The van der Waals surface area contributed by atoms with Gasteiger partial charge in [-0.15, -0.1) is 0 Å². The number of hydrogen-bond donors (Lipinski definition) is 0. The summed E-state index contributed by atoms with van der Waals surface area (Å²) in [4.78, 5) is 0.500. The van der Waals surface area contributed by atoms with E-state index in [0.29, 0.717) is 0 Å². The molecule has 4 heteroatoms. The Bertz CT molecular complexity index is 122. The summed E-state index contributed by atoms with van der Waals surface area (Å²) >= 11 is 0. The van der Waals surface area contributed by atoms with Crippen molar-refractivity contribution < 1.29 is 18.6 Å². The van der Waals surface area contributed by atoms with E-state index in [9.17, 15) is 8.96 Å². The second-order valence-electron chi connectivity index (χ2n) is 1.24. The highest BCUT2D eigenvalue weighted by Crippen LogP contribution is 1.82. The summed E-state index contributed by atoms with van der Waals surface area (Å²) in [5, 5.41) is 0. The van der Waals surface area contributed by atoms with Crippen molar-refractivity contribution >= 4 is 12.4 Å². The van der Waals surface area contributed by atoms with Gasteiger partial charge in [0.15, 0.2) is 0 Å². The molecule has 0 bridgehead atoms. The van der Waals surface area contributed by atoms with E-state index in [4.69, 9.17) is 0 Å². The highest BCUT2D eigenvalue weighted by atomic mass is 19.2. The number of rotatable bonds is 0. The Balaban J connectivity index is 2.61. The first-order chi connectivity index (χ1) is 3.29. The molecule has 0 atom stereocenters. The van der Waals surface area contributed by atoms with Crippen molar-refractivity contribution in [2.45, 2.75) is 0 Å². The third-order valence-corrected chi connectivity index (χ3v) is 0.660. The maximum Gasteiger partial charge on any atom is 0.419 e. The number of halogens is 2. The Morgan fingerprint density at radius 1 is 1.14 bits per heavy atom. The molecule has 0 unspecified atom stereocenters. The Kier molecular flexibility index (Phi) is 0.850. The summed E-state index contributed by atoms with van der Waals surface area (Å²) in [7, 11) is 0. The van der Waals surface area contributed by atoms with Gasteiger partial charge in [0.05, 0.1) is 18.6 Å². The van der Waals surface area contributed by atoms with Crippen LogP contribution in [0.3, 0.4) is 0 Å². The molecule has 2 nitrogen and oxygen atoms in total. The molecule has 0 fully saturated rings. The van der Waals surface area contributed by atoms with Gasteiger partial charge in [-0.3, -0.25) is 0 Å². The molecule has 1 aliphatic heterocycles. The van der Waals surface area contributed by atoms with Crippen LogP contribution < -0.4 is 0 Å². The molecular formula is C3H4F2N2+2. The lowest BCUT2D eigenvalue weighted by atomic mass is 10.8. The molecule has 0 aliphatic carbocycles. The fourth-order valence-electron chi connectivity index (χ4n) is 0.368. The second-order valence-corrected chi connectivity index (χ2v) is 1.24. The minimum Gasteiger partial charge on any atom is 0.0588 e. The summed E-state index contributed by atoms with van der Waals surface area (Å²) in [5.74, 6) is 0. The van der Waals surface area contributed by atoms with Crippen molar-refractivity contribution in [3.05, 3.63) is 0 Å². The summed E-state index contributed by atoms with van der Waals surface area (Å²) in [6, 6.07) is 0. The van der Waals surface area contributed by atoms with Crippen LogP contribution in [0.25, 0.3) is 0 Å². The lowest BCUT2D eigenvalue weighted by Gasteiger charge is -1.65. The summed E-state index contributed by atoms with van der Waals surface area (Å²) in [6.45, 7) is -0.306. The Morgan fingerprint density at radius 3 is 1.71 bits per heavy atom. The largest absolute Gasteiger partial charge is 0.419 e. The normalized spacial score (nSPS) is 19.1.